The second kappa shape index (κ2) is 8.43. The molecular formula is C18H29N3O2. The number of nitrogens with one attached hydrogen (secondary N) is 1. The Morgan fingerprint density at radius 1 is 1.26 bits per heavy atom. The predicted octanol–water partition coefficient (Wildman–Crippen LogP) is 1.71. The first kappa shape index (κ1) is 17.9. The van der Waals surface area contributed by atoms with E-state index in [0.717, 1.165) is 43.9 Å². The Balaban J connectivity index is 1.86. The smallest absolute Gasteiger partial charge is 0.241 e. The van der Waals surface area contributed by atoms with Crippen LogP contribution in [0.25, 0.3) is 0 Å². The van der Waals surface area contributed by atoms with Crippen LogP contribution in [-0.4, -0.2) is 65.7 Å². The van der Waals surface area contributed by atoms with Crippen molar-refractivity contribution in [1.82, 2.24) is 9.80 Å². The lowest BCUT2D eigenvalue weighted by Crippen LogP contribution is -2.55. The summed E-state index contributed by atoms with van der Waals surface area (Å²) in [5.74, 6) is 0.0400. The van der Waals surface area contributed by atoms with Gasteiger partial charge in [0, 0.05) is 37.9 Å². The summed E-state index contributed by atoms with van der Waals surface area (Å²) in [6.45, 7) is 9.82. The molecule has 0 aromatic heterocycles. The van der Waals surface area contributed by atoms with Gasteiger partial charge >= 0.3 is 0 Å². The number of hydrogen-bond donors (Lipinski definition) is 2. The molecule has 0 saturated carbocycles. The Bertz CT molecular complexity index is 509. The maximum atomic E-state index is 12.4. The lowest BCUT2D eigenvalue weighted by molar-refractivity contribution is -0.121. The summed E-state index contributed by atoms with van der Waals surface area (Å²) in [4.78, 5) is 17.0. The van der Waals surface area contributed by atoms with Crippen molar-refractivity contribution in [1.29, 1.82) is 0 Å². The largest absolute Gasteiger partial charge is 0.395 e. The molecule has 2 unspecified atom stereocenters. The molecule has 2 N–H and O–H groups in total. The minimum atomic E-state index is -0.146. The Morgan fingerprint density at radius 3 is 2.48 bits per heavy atom. The molecule has 1 fully saturated rings. The highest BCUT2D eigenvalue weighted by molar-refractivity contribution is 5.94. The van der Waals surface area contributed by atoms with Crippen molar-refractivity contribution in [3.63, 3.8) is 0 Å². The number of anilines is 1. The quantitative estimate of drug-likeness (QED) is 0.838. The third-order valence-corrected chi connectivity index (χ3v) is 4.76. The molecule has 2 atom stereocenters. The third-order valence-electron chi connectivity index (χ3n) is 4.76. The molecule has 0 bridgehead atoms. The first-order valence-electron chi connectivity index (χ1n) is 8.51. The van der Waals surface area contributed by atoms with Gasteiger partial charge in [-0.15, -0.1) is 0 Å². The standard InChI is InChI=1S/C18H29N3O2/c1-4-17(13-22)21-10-8-20(9-11-21)15(3)18(23)19-16-7-5-6-14(2)12-16/h5-7,12,15,17,22H,4,8-11,13H2,1-3H3,(H,19,23). The monoisotopic (exact) mass is 319 g/mol. The summed E-state index contributed by atoms with van der Waals surface area (Å²) in [7, 11) is 0. The second-order valence-corrected chi connectivity index (χ2v) is 6.35. The molecule has 128 valence electrons. The summed E-state index contributed by atoms with van der Waals surface area (Å²) < 4.78 is 0. The number of rotatable bonds is 6. The highest BCUT2D eigenvalue weighted by Gasteiger charge is 2.27. The first-order chi connectivity index (χ1) is 11.0. The van der Waals surface area contributed by atoms with Crippen molar-refractivity contribution >= 4 is 11.6 Å². The topological polar surface area (TPSA) is 55.8 Å². The van der Waals surface area contributed by atoms with E-state index in [1.165, 1.54) is 0 Å². The number of aryl methyl sites for hydroxylation is 1. The van der Waals surface area contributed by atoms with Gasteiger partial charge in [-0.25, -0.2) is 0 Å². The average Bonchev–Trinajstić information content (AvgIpc) is 2.56. The number of piperazine rings is 1. The number of hydrogen-bond acceptors (Lipinski definition) is 4. The summed E-state index contributed by atoms with van der Waals surface area (Å²) in [5.41, 5.74) is 1.99. The van der Waals surface area contributed by atoms with Crippen LogP contribution in [0.3, 0.4) is 0 Å². The molecule has 1 aromatic rings. The molecule has 1 heterocycles. The molecule has 5 heteroatoms. The molecule has 0 radical (unpaired) electrons. The number of amides is 1. The molecule has 0 aliphatic carbocycles. The van der Waals surface area contributed by atoms with Gasteiger partial charge in [0.1, 0.15) is 0 Å². The first-order valence-corrected chi connectivity index (χ1v) is 8.51. The SMILES string of the molecule is CCC(CO)N1CCN(C(C)C(=O)Nc2cccc(C)c2)CC1. The number of nitrogens with zero attached hydrogens (tertiary/aromatic N) is 2. The van der Waals surface area contributed by atoms with Gasteiger partial charge in [-0.05, 0) is 38.0 Å². The zero-order valence-electron chi connectivity index (χ0n) is 14.5. The van der Waals surface area contributed by atoms with Crippen molar-refractivity contribution in [2.75, 3.05) is 38.1 Å². The maximum Gasteiger partial charge on any atom is 0.241 e. The highest BCUT2D eigenvalue weighted by Crippen LogP contribution is 2.14. The molecule has 1 amide bonds. The van der Waals surface area contributed by atoms with Gasteiger partial charge in [0.25, 0.3) is 0 Å². The molecular weight excluding hydrogens is 290 g/mol. The summed E-state index contributed by atoms with van der Waals surface area (Å²) in [6.07, 6.45) is 0.958. The normalized spacial score (nSPS) is 19.3. The van der Waals surface area contributed by atoms with Crippen LogP contribution < -0.4 is 5.32 Å². The van der Waals surface area contributed by atoms with Gasteiger partial charge in [-0.2, -0.15) is 0 Å². The van der Waals surface area contributed by atoms with E-state index in [1.54, 1.807) is 0 Å². The molecule has 5 nitrogen and oxygen atoms in total. The van der Waals surface area contributed by atoms with Crippen molar-refractivity contribution < 1.29 is 9.90 Å². The van der Waals surface area contributed by atoms with Crippen LogP contribution in [0.15, 0.2) is 24.3 Å². The van der Waals surface area contributed by atoms with Crippen LogP contribution in [0, 0.1) is 6.92 Å². The van der Waals surface area contributed by atoms with Crippen molar-refractivity contribution in [2.45, 2.75) is 39.3 Å². The summed E-state index contributed by atoms with van der Waals surface area (Å²) >= 11 is 0. The van der Waals surface area contributed by atoms with E-state index >= 15 is 0 Å². The van der Waals surface area contributed by atoms with Gasteiger partial charge in [-0.3, -0.25) is 14.6 Å². The van der Waals surface area contributed by atoms with Gasteiger partial charge in [0.2, 0.25) is 5.91 Å². The van der Waals surface area contributed by atoms with Crippen molar-refractivity contribution in [3.05, 3.63) is 29.8 Å². The third kappa shape index (κ3) is 4.77. The van der Waals surface area contributed by atoms with Crippen LogP contribution in [0.2, 0.25) is 0 Å². The lowest BCUT2D eigenvalue weighted by atomic mass is 10.1. The Hall–Kier alpha value is -1.43. The van der Waals surface area contributed by atoms with Crippen molar-refractivity contribution in [2.24, 2.45) is 0 Å². The zero-order valence-corrected chi connectivity index (χ0v) is 14.5. The Labute approximate surface area is 139 Å². The van der Waals surface area contributed by atoms with E-state index in [0.29, 0.717) is 0 Å². The van der Waals surface area contributed by atoms with E-state index in [9.17, 15) is 9.90 Å². The summed E-state index contributed by atoms with van der Waals surface area (Å²) in [6, 6.07) is 7.97. The van der Waals surface area contributed by atoms with Crippen LogP contribution in [0.5, 0.6) is 0 Å². The molecule has 1 aromatic carbocycles. The van der Waals surface area contributed by atoms with E-state index in [-0.39, 0.29) is 24.6 Å². The molecule has 1 saturated heterocycles. The van der Waals surface area contributed by atoms with Crippen LogP contribution in [-0.2, 0) is 4.79 Å². The summed E-state index contributed by atoms with van der Waals surface area (Å²) in [5, 5.41) is 12.4. The zero-order chi connectivity index (χ0) is 16.8. The van der Waals surface area contributed by atoms with E-state index in [1.807, 2.05) is 38.1 Å². The van der Waals surface area contributed by atoms with Crippen LogP contribution in [0.1, 0.15) is 25.8 Å². The van der Waals surface area contributed by atoms with Gasteiger partial charge in [-0.1, -0.05) is 19.1 Å². The van der Waals surface area contributed by atoms with E-state index < -0.39 is 0 Å². The fraction of sp³-hybridized carbons (Fsp3) is 0.611. The molecule has 1 aliphatic rings. The average molecular weight is 319 g/mol. The number of aliphatic hydroxyl groups excluding tert-OH is 1. The van der Waals surface area contributed by atoms with Gasteiger partial charge in [0.05, 0.1) is 12.6 Å². The van der Waals surface area contributed by atoms with Gasteiger partial charge < -0.3 is 10.4 Å². The maximum absolute atomic E-state index is 12.4. The van der Waals surface area contributed by atoms with Crippen LogP contribution in [0.4, 0.5) is 5.69 Å². The molecule has 1 aliphatic heterocycles. The predicted molar refractivity (Wildman–Crippen MR) is 93.6 cm³/mol. The molecule has 2 rings (SSSR count). The Morgan fingerprint density at radius 2 is 1.91 bits per heavy atom. The number of carbonyl (C=O) groups is 1. The fourth-order valence-corrected chi connectivity index (χ4v) is 3.13. The highest BCUT2D eigenvalue weighted by atomic mass is 16.3. The number of benzene rings is 1. The van der Waals surface area contributed by atoms with Crippen LogP contribution >= 0.6 is 0 Å². The van der Waals surface area contributed by atoms with E-state index in [4.69, 9.17) is 0 Å². The van der Waals surface area contributed by atoms with Crippen molar-refractivity contribution in [3.8, 4) is 0 Å². The minimum Gasteiger partial charge on any atom is -0.395 e. The number of aliphatic hydroxyl groups is 1. The molecule has 0 spiro atoms. The number of carbonyl (C=O) groups excluding carboxylic acids is 1. The van der Waals surface area contributed by atoms with Gasteiger partial charge in [0.15, 0.2) is 0 Å². The lowest BCUT2D eigenvalue weighted by Gasteiger charge is -2.40. The van der Waals surface area contributed by atoms with E-state index in [2.05, 4.69) is 22.0 Å². The Kier molecular flexibility index (Phi) is 6.57. The second-order valence-electron chi connectivity index (χ2n) is 6.35. The fourth-order valence-electron chi connectivity index (χ4n) is 3.13. The minimum absolute atomic E-state index is 0.0400. The molecule has 23 heavy (non-hydrogen) atoms.